The van der Waals surface area contributed by atoms with E-state index >= 15 is 0 Å². The molecule has 1 aliphatic heterocycles. The summed E-state index contributed by atoms with van der Waals surface area (Å²) in [6.45, 7) is 11.0. The normalized spacial score (nSPS) is 20.7. The first-order chi connectivity index (χ1) is 8.90. The van der Waals surface area contributed by atoms with E-state index in [4.69, 9.17) is 4.98 Å². The van der Waals surface area contributed by atoms with E-state index in [-0.39, 0.29) is 5.41 Å². The highest BCUT2D eigenvalue weighted by Crippen LogP contribution is 2.27. The van der Waals surface area contributed by atoms with Crippen LogP contribution in [0.25, 0.3) is 0 Å². The molecule has 1 fully saturated rings. The second-order valence-corrected chi connectivity index (χ2v) is 7.30. The molecule has 1 aromatic heterocycles. The van der Waals surface area contributed by atoms with Crippen LogP contribution in [0.3, 0.4) is 0 Å². The average Bonchev–Trinajstić information content (AvgIpc) is 2.37. The molecule has 0 bridgehead atoms. The van der Waals surface area contributed by atoms with Crippen LogP contribution in [-0.2, 0) is 5.41 Å². The van der Waals surface area contributed by atoms with Gasteiger partial charge in [0.05, 0.1) is 0 Å². The minimum Gasteiger partial charge on any atom is -0.356 e. The number of nitrogens with zero attached hydrogens (tertiary/aromatic N) is 3. The molecule has 0 radical (unpaired) electrons. The molecule has 1 atom stereocenters. The predicted molar refractivity (Wildman–Crippen MR) is 83.7 cm³/mol. The van der Waals surface area contributed by atoms with Gasteiger partial charge >= 0.3 is 0 Å². The Morgan fingerprint density at radius 2 is 2.11 bits per heavy atom. The molecule has 1 aromatic rings. The predicted octanol–water partition coefficient (Wildman–Crippen LogP) is 4.16. The molecule has 1 unspecified atom stereocenters. The Morgan fingerprint density at radius 3 is 2.74 bits per heavy atom. The van der Waals surface area contributed by atoms with Gasteiger partial charge in [-0.25, -0.2) is 9.97 Å². The van der Waals surface area contributed by atoms with Crippen molar-refractivity contribution >= 4 is 21.7 Å². The topological polar surface area (TPSA) is 29.0 Å². The van der Waals surface area contributed by atoms with Crippen LogP contribution in [-0.4, -0.2) is 23.1 Å². The van der Waals surface area contributed by atoms with Crippen LogP contribution in [0.2, 0.25) is 0 Å². The molecule has 4 heteroatoms. The molecule has 0 aliphatic carbocycles. The highest BCUT2D eigenvalue weighted by atomic mass is 79.9. The van der Waals surface area contributed by atoms with Gasteiger partial charge in [-0.15, -0.1) is 0 Å². The summed E-state index contributed by atoms with van der Waals surface area (Å²) < 4.78 is 0.890. The lowest BCUT2D eigenvalue weighted by Crippen LogP contribution is -2.36. The summed E-state index contributed by atoms with van der Waals surface area (Å²) in [7, 11) is 0. The van der Waals surface area contributed by atoms with Crippen molar-refractivity contribution in [1.29, 1.82) is 0 Å². The summed E-state index contributed by atoms with van der Waals surface area (Å²) in [4.78, 5) is 11.7. The first-order valence-corrected chi connectivity index (χ1v) is 7.99. The number of halogens is 1. The molecular formula is C15H24BrN3. The molecule has 0 amide bonds. The van der Waals surface area contributed by atoms with Crippen molar-refractivity contribution < 1.29 is 0 Å². The van der Waals surface area contributed by atoms with Crippen molar-refractivity contribution in [3.05, 3.63) is 16.5 Å². The fourth-order valence-corrected chi connectivity index (χ4v) is 2.88. The fourth-order valence-electron chi connectivity index (χ4n) is 2.51. The minimum atomic E-state index is -0.0154. The van der Waals surface area contributed by atoms with Crippen LogP contribution < -0.4 is 4.90 Å². The van der Waals surface area contributed by atoms with Crippen molar-refractivity contribution in [1.82, 2.24) is 9.97 Å². The number of hydrogen-bond donors (Lipinski definition) is 0. The number of piperidine rings is 1. The first kappa shape index (κ1) is 14.8. The monoisotopic (exact) mass is 325 g/mol. The van der Waals surface area contributed by atoms with E-state index < -0.39 is 0 Å². The van der Waals surface area contributed by atoms with Crippen molar-refractivity contribution in [3.8, 4) is 0 Å². The lowest BCUT2D eigenvalue weighted by atomic mass is 9.95. The van der Waals surface area contributed by atoms with E-state index in [2.05, 4.69) is 53.5 Å². The zero-order valence-electron chi connectivity index (χ0n) is 12.4. The van der Waals surface area contributed by atoms with Gasteiger partial charge in [-0.2, -0.15) is 0 Å². The summed E-state index contributed by atoms with van der Waals surface area (Å²) >= 11 is 3.53. The standard InChI is InChI=1S/C15H24BrN3/c1-5-11-7-6-8-19(10-11)13-9-12(16)17-14(18-13)15(2,3)4/h9,11H,5-8,10H2,1-4H3. The third-order valence-electron chi connectivity index (χ3n) is 3.77. The molecule has 19 heavy (non-hydrogen) atoms. The van der Waals surface area contributed by atoms with Crippen LogP contribution >= 0.6 is 15.9 Å². The van der Waals surface area contributed by atoms with Gasteiger partial charge < -0.3 is 4.90 Å². The highest BCUT2D eigenvalue weighted by molar-refractivity contribution is 9.10. The zero-order chi connectivity index (χ0) is 14.0. The maximum atomic E-state index is 4.78. The summed E-state index contributed by atoms with van der Waals surface area (Å²) in [6.07, 6.45) is 3.88. The minimum absolute atomic E-state index is 0.0154. The van der Waals surface area contributed by atoms with Gasteiger partial charge in [-0.1, -0.05) is 34.1 Å². The number of aromatic nitrogens is 2. The number of hydrogen-bond acceptors (Lipinski definition) is 3. The smallest absolute Gasteiger partial charge is 0.137 e. The quantitative estimate of drug-likeness (QED) is 0.764. The molecule has 106 valence electrons. The van der Waals surface area contributed by atoms with Gasteiger partial charge in [0.15, 0.2) is 0 Å². The Kier molecular flexibility index (Phi) is 4.49. The molecule has 2 heterocycles. The van der Waals surface area contributed by atoms with Crippen LogP contribution in [0, 0.1) is 5.92 Å². The zero-order valence-corrected chi connectivity index (χ0v) is 14.0. The van der Waals surface area contributed by atoms with E-state index in [0.29, 0.717) is 0 Å². The van der Waals surface area contributed by atoms with Crippen LogP contribution in [0.5, 0.6) is 0 Å². The van der Waals surface area contributed by atoms with Crippen LogP contribution in [0.4, 0.5) is 5.82 Å². The highest BCUT2D eigenvalue weighted by Gasteiger charge is 2.23. The summed E-state index contributed by atoms with van der Waals surface area (Å²) in [5.74, 6) is 2.79. The maximum Gasteiger partial charge on any atom is 0.137 e. The van der Waals surface area contributed by atoms with Gasteiger partial charge in [0.25, 0.3) is 0 Å². The Labute approximate surface area is 125 Å². The average molecular weight is 326 g/mol. The second kappa shape index (κ2) is 5.78. The van der Waals surface area contributed by atoms with Gasteiger partial charge in [0.2, 0.25) is 0 Å². The Balaban J connectivity index is 2.26. The molecule has 1 aliphatic rings. The van der Waals surface area contributed by atoms with E-state index in [0.717, 1.165) is 35.3 Å². The summed E-state index contributed by atoms with van der Waals surface area (Å²) in [6, 6.07) is 2.05. The van der Waals surface area contributed by atoms with Gasteiger partial charge in [-0.3, -0.25) is 0 Å². The Morgan fingerprint density at radius 1 is 1.37 bits per heavy atom. The molecule has 0 spiro atoms. The summed E-state index contributed by atoms with van der Waals surface area (Å²) in [5, 5.41) is 0. The van der Waals surface area contributed by atoms with E-state index in [1.54, 1.807) is 0 Å². The number of anilines is 1. The molecule has 0 saturated carbocycles. The van der Waals surface area contributed by atoms with Crippen molar-refractivity contribution in [2.45, 2.75) is 52.4 Å². The van der Waals surface area contributed by atoms with Crippen molar-refractivity contribution in [3.63, 3.8) is 0 Å². The third-order valence-corrected chi connectivity index (χ3v) is 4.18. The van der Waals surface area contributed by atoms with Gasteiger partial charge in [0, 0.05) is 24.6 Å². The Bertz CT molecular complexity index is 440. The largest absolute Gasteiger partial charge is 0.356 e. The molecular weight excluding hydrogens is 302 g/mol. The van der Waals surface area contributed by atoms with Gasteiger partial charge in [-0.05, 0) is 34.7 Å². The van der Waals surface area contributed by atoms with Crippen LogP contribution in [0.15, 0.2) is 10.7 Å². The molecule has 2 rings (SSSR count). The lowest BCUT2D eigenvalue weighted by Gasteiger charge is -2.33. The van der Waals surface area contributed by atoms with Crippen LogP contribution in [0.1, 0.15) is 52.8 Å². The lowest BCUT2D eigenvalue weighted by molar-refractivity contribution is 0.402. The van der Waals surface area contributed by atoms with E-state index in [1.165, 1.54) is 19.3 Å². The fraction of sp³-hybridized carbons (Fsp3) is 0.733. The van der Waals surface area contributed by atoms with E-state index in [9.17, 15) is 0 Å². The van der Waals surface area contributed by atoms with Crippen molar-refractivity contribution in [2.24, 2.45) is 5.92 Å². The number of rotatable bonds is 2. The van der Waals surface area contributed by atoms with Gasteiger partial charge in [0.1, 0.15) is 16.2 Å². The SMILES string of the molecule is CCC1CCCN(c2cc(Br)nc(C(C)(C)C)n2)C1. The maximum absolute atomic E-state index is 4.78. The molecule has 1 saturated heterocycles. The molecule has 0 N–H and O–H groups in total. The molecule has 0 aromatic carbocycles. The summed E-state index contributed by atoms with van der Waals surface area (Å²) in [5.41, 5.74) is -0.0154. The van der Waals surface area contributed by atoms with E-state index in [1.807, 2.05) is 6.07 Å². The van der Waals surface area contributed by atoms with Crippen molar-refractivity contribution in [2.75, 3.05) is 18.0 Å². The third kappa shape index (κ3) is 3.68. The Hall–Kier alpha value is -0.640. The first-order valence-electron chi connectivity index (χ1n) is 7.20. The molecule has 3 nitrogen and oxygen atoms in total. The second-order valence-electron chi connectivity index (χ2n) is 6.48.